The highest BCUT2D eigenvalue weighted by atomic mass is 15.2. The van der Waals surface area contributed by atoms with Crippen LogP contribution >= 0.6 is 0 Å². The third-order valence-electron chi connectivity index (χ3n) is 4.32. The average molecular weight is 275 g/mol. The molecule has 3 heteroatoms. The summed E-state index contributed by atoms with van der Waals surface area (Å²) in [5, 5.41) is 3.37. The van der Waals surface area contributed by atoms with Crippen LogP contribution in [-0.4, -0.2) is 49.6 Å². The third kappa shape index (κ3) is 4.05. The molecule has 0 spiro atoms. The molecular formula is C17H29N3. The second kappa shape index (κ2) is 7.21. The molecule has 1 aromatic rings. The van der Waals surface area contributed by atoms with E-state index in [1.54, 1.807) is 0 Å². The van der Waals surface area contributed by atoms with E-state index in [2.05, 4.69) is 67.3 Å². The topological polar surface area (TPSA) is 18.5 Å². The molecule has 0 aromatic heterocycles. The summed E-state index contributed by atoms with van der Waals surface area (Å²) in [6.45, 7) is 9.99. The smallest absolute Gasteiger partial charge is 0.0254 e. The van der Waals surface area contributed by atoms with Crippen LogP contribution in [0.5, 0.6) is 0 Å². The Labute approximate surface area is 124 Å². The van der Waals surface area contributed by atoms with Crippen LogP contribution < -0.4 is 5.32 Å². The molecule has 1 aliphatic rings. The minimum atomic E-state index is 0.697. The van der Waals surface area contributed by atoms with Gasteiger partial charge in [0, 0.05) is 32.2 Å². The van der Waals surface area contributed by atoms with E-state index >= 15 is 0 Å². The van der Waals surface area contributed by atoms with Gasteiger partial charge in [0.25, 0.3) is 0 Å². The van der Waals surface area contributed by atoms with Gasteiger partial charge in [-0.1, -0.05) is 38.1 Å². The number of hydrogen-bond donors (Lipinski definition) is 1. The lowest BCUT2D eigenvalue weighted by molar-refractivity contribution is 0.250. The van der Waals surface area contributed by atoms with Gasteiger partial charge in [-0.2, -0.15) is 0 Å². The molecule has 1 aliphatic heterocycles. The molecule has 0 aliphatic carbocycles. The SMILES string of the molecule is CCNCc1ccc(CN2CC(C)C(N(C)C)C2)cc1. The maximum atomic E-state index is 3.37. The predicted molar refractivity (Wildman–Crippen MR) is 85.7 cm³/mol. The highest BCUT2D eigenvalue weighted by molar-refractivity contribution is 5.22. The first-order chi connectivity index (χ1) is 9.60. The minimum absolute atomic E-state index is 0.697. The minimum Gasteiger partial charge on any atom is -0.313 e. The second-order valence-electron chi connectivity index (χ2n) is 6.30. The van der Waals surface area contributed by atoms with Gasteiger partial charge < -0.3 is 10.2 Å². The molecule has 2 unspecified atom stereocenters. The lowest BCUT2D eigenvalue weighted by Crippen LogP contribution is -2.34. The molecule has 3 nitrogen and oxygen atoms in total. The summed E-state index contributed by atoms with van der Waals surface area (Å²) in [5.41, 5.74) is 2.80. The van der Waals surface area contributed by atoms with Crippen molar-refractivity contribution in [3.8, 4) is 0 Å². The Morgan fingerprint density at radius 1 is 1.15 bits per heavy atom. The Kier molecular flexibility index (Phi) is 5.58. The van der Waals surface area contributed by atoms with Crippen molar-refractivity contribution in [2.75, 3.05) is 33.7 Å². The van der Waals surface area contributed by atoms with Gasteiger partial charge in [0.05, 0.1) is 0 Å². The Bertz CT molecular complexity index is 399. The van der Waals surface area contributed by atoms with Crippen LogP contribution in [0.25, 0.3) is 0 Å². The Morgan fingerprint density at radius 3 is 2.35 bits per heavy atom. The maximum Gasteiger partial charge on any atom is 0.0254 e. The zero-order valence-electron chi connectivity index (χ0n) is 13.4. The lowest BCUT2D eigenvalue weighted by Gasteiger charge is -2.22. The molecule has 0 radical (unpaired) electrons. The molecule has 20 heavy (non-hydrogen) atoms. The number of benzene rings is 1. The van der Waals surface area contributed by atoms with Crippen LogP contribution in [0.1, 0.15) is 25.0 Å². The van der Waals surface area contributed by atoms with E-state index in [1.165, 1.54) is 24.2 Å². The van der Waals surface area contributed by atoms with Crippen molar-refractivity contribution in [2.24, 2.45) is 5.92 Å². The highest BCUT2D eigenvalue weighted by Crippen LogP contribution is 2.21. The van der Waals surface area contributed by atoms with E-state index in [9.17, 15) is 0 Å². The zero-order chi connectivity index (χ0) is 14.5. The summed E-state index contributed by atoms with van der Waals surface area (Å²) in [7, 11) is 4.39. The second-order valence-corrected chi connectivity index (χ2v) is 6.30. The first kappa shape index (κ1) is 15.5. The predicted octanol–water partition coefficient (Wildman–Crippen LogP) is 2.18. The van der Waals surface area contributed by atoms with Crippen LogP contribution in [0, 0.1) is 5.92 Å². The van der Waals surface area contributed by atoms with Gasteiger partial charge in [0.1, 0.15) is 0 Å². The number of likely N-dealkylation sites (N-methyl/N-ethyl adjacent to an activating group) is 1. The van der Waals surface area contributed by atoms with Crippen LogP contribution in [0.3, 0.4) is 0 Å². The Balaban J connectivity index is 1.88. The monoisotopic (exact) mass is 275 g/mol. The fraction of sp³-hybridized carbons (Fsp3) is 0.647. The quantitative estimate of drug-likeness (QED) is 0.858. The number of hydrogen-bond acceptors (Lipinski definition) is 3. The van der Waals surface area contributed by atoms with Gasteiger partial charge in [-0.25, -0.2) is 0 Å². The fourth-order valence-electron chi connectivity index (χ4n) is 3.14. The molecule has 1 fully saturated rings. The number of likely N-dealkylation sites (tertiary alicyclic amines) is 1. The molecule has 2 atom stereocenters. The molecule has 1 aromatic carbocycles. The lowest BCUT2D eigenvalue weighted by atomic mass is 10.1. The van der Waals surface area contributed by atoms with Crippen LogP contribution in [0.15, 0.2) is 24.3 Å². The first-order valence-electron chi connectivity index (χ1n) is 7.77. The first-order valence-corrected chi connectivity index (χ1v) is 7.77. The normalized spacial score (nSPS) is 23.6. The van der Waals surface area contributed by atoms with Crippen molar-refractivity contribution in [1.29, 1.82) is 0 Å². The molecule has 1 saturated heterocycles. The number of nitrogens with zero attached hydrogens (tertiary/aromatic N) is 2. The van der Waals surface area contributed by atoms with Crippen LogP contribution in [0.2, 0.25) is 0 Å². The van der Waals surface area contributed by atoms with Crippen molar-refractivity contribution in [2.45, 2.75) is 33.0 Å². The largest absolute Gasteiger partial charge is 0.313 e. The number of nitrogens with one attached hydrogen (secondary N) is 1. The van der Waals surface area contributed by atoms with Crippen LogP contribution in [-0.2, 0) is 13.1 Å². The van der Waals surface area contributed by atoms with Crippen molar-refractivity contribution in [3.63, 3.8) is 0 Å². The molecule has 0 amide bonds. The molecule has 0 bridgehead atoms. The van der Waals surface area contributed by atoms with E-state index in [0.717, 1.165) is 25.6 Å². The van der Waals surface area contributed by atoms with Gasteiger partial charge in [-0.15, -0.1) is 0 Å². The molecule has 2 rings (SSSR count). The van der Waals surface area contributed by atoms with E-state index in [1.807, 2.05) is 0 Å². The average Bonchev–Trinajstić information content (AvgIpc) is 2.79. The van der Waals surface area contributed by atoms with Crippen molar-refractivity contribution in [1.82, 2.24) is 15.1 Å². The summed E-state index contributed by atoms with van der Waals surface area (Å²) >= 11 is 0. The van der Waals surface area contributed by atoms with Crippen molar-refractivity contribution >= 4 is 0 Å². The molecule has 112 valence electrons. The van der Waals surface area contributed by atoms with Gasteiger partial charge in [0.15, 0.2) is 0 Å². The number of rotatable bonds is 6. The molecular weight excluding hydrogens is 246 g/mol. The summed E-state index contributed by atoms with van der Waals surface area (Å²) in [6, 6.07) is 9.76. The van der Waals surface area contributed by atoms with E-state index in [0.29, 0.717) is 6.04 Å². The zero-order valence-corrected chi connectivity index (χ0v) is 13.4. The Morgan fingerprint density at radius 2 is 1.80 bits per heavy atom. The van der Waals surface area contributed by atoms with Gasteiger partial charge in [-0.05, 0) is 37.7 Å². The summed E-state index contributed by atoms with van der Waals surface area (Å²) in [5.74, 6) is 0.762. The van der Waals surface area contributed by atoms with Crippen LogP contribution in [0.4, 0.5) is 0 Å². The molecule has 0 saturated carbocycles. The van der Waals surface area contributed by atoms with Crippen molar-refractivity contribution < 1.29 is 0 Å². The Hall–Kier alpha value is -0.900. The summed E-state index contributed by atoms with van der Waals surface area (Å²) in [6.07, 6.45) is 0. The fourth-order valence-corrected chi connectivity index (χ4v) is 3.14. The van der Waals surface area contributed by atoms with Gasteiger partial charge in [0.2, 0.25) is 0 Å². The summed E-state index contributed by atoms with van der Waals surface area (Å²) < 4.78 is 0. The van der Waals surface area contributed by atoms with Gasteiger partial charge in [-0.3, -0.25) is 4.90 Å². The molecule has 1 heterocycles. The maximum absolute atomic E-state index is 3.37. The highest BCUT2D eigenvalue weighted by Gasteiger charge is 2.30. The summed E-state index contributed by atoms with van der Waals surface area (Å²) in [4.78, 5) is 4.94. The standard InChI is InChI=1S/C17H29N3/c1-5-18-10-15-6-8-16(9-7-15)12-20-11-14(2)17(13-20)19(3)4/h6-9,14,17-18H,5,10-13H2,1-4H3. The molecule has 1 N–H and O–H groups in total. The van der Waals surface area contributed by atoms with E-state index < -0.39 is 0 Å². The van der Waals surface area contributed by atoms with E-state index in [-0.39, 0.29) is 0 Å². The van der Waals surface area contributed by atoms with Gasteiger partial charge >= 0.3 is 0 Å². The van der Waals surface area contributed by atoms with E-state index in [4.69, 9.17) is 0 Å². The van der Waals surface area contributed by atoms with Crippen molar-refractivity contribution in [3.05, 3.63) is 35.4 Å². The third-order valence-corrected chi connectivity index (χ3v) is 4.32.